The van der Waals surface area contributed by atoms with E-state index in [2.05, 4.69) is 41.1 Å². The van der Waals surface area contributed by atoms with Crippen LogP contribution in [0.1, 0.15) is 30.1 Å². The van der Waals surface area contributed by atoms with Crippen LogP contribution in [0.4, 0.5) is 5.69 Å². The monoisotopic (exact) mass is 249 g/mol. The van der Waals surface area contributed by atoms with E-state index in [-0.39, 0.29) is 0 Å². The molecular formula is C13H19N3S. The number of aryl methyl sites for hydroxylation is 3. The molecule has 2 aromatic rings. The predicted octanol–water partition coefficient (Wildman–Crippen LogP) is 2.89. The van der Waals surface area contributed by atoms with Gasteiger partial charge in [-0.05, 0) is 24.3 Å². The van der Waals surface area contributed by atoms with E-state index >= 15 is 0 Å². The van der Waals surface area contributed by atoms with Gasteiger partial charge in [-0.2, -0.15) is 5.10 Å². The van der Waals surface area contributed by atoms with Crippen LogP contribution in [0.2, 0.25) is 0 Å². The van der Waals surface area contributed by atoms with E-state index in [1.54, 1.807) is 11.3 Å². The van der Waals surface area contributed by atoms with Gasteiger partial charge in [0.2, 0.25) is 0 Å². The molecule has 0 atom stereocenters. The molecule has 2 heterocycles. The summed E-state index contributed by atoms with van der Waals surface area (Å²) >= 11 is 1.80. The van der Waals surface area contributed by atoms with Gasteiger partial charge in [-0.25, -0.2) is 0 Å². The Bertz CT molecular complexity index is 471. The quantitative estimate of drug-likeness (QED) is 0.885. The van der Waals surface area contributed by atoms with Gasteiger partial charge in [-0.15, -0.1) is 11.3 Å². The highest BCUT2D eigenvalue weighted by Crippen LogP contribution is 2.19. The van der Waals surface area contributed by atoms with Gasteiger partial charge in [0.1, 0.15) is 0 Å². The summed E-state index contributed by atoms with van der Waals surface area (Å²) in [4.78, 5) is 1.40. The van der Waals surface area contributed by atoms with Crippen LogP contribution in [-0.4, -0.2) is 9.78 Å². The molecule has 3 nitrogen and oxygen atoms in total. The largest absolute Gasteiger partial charge is 0.396 e. The van der Waals surface area contributed by atoms with E-state index in [4.69, 9.17) is 5.73 Å². The van der Waals surface area contributed by atoms with Crippen molar-refractivity contribution in [3.63, 3.8) is 0 Å². The molecule has 17 heavy (non-hydrogen) atoms. The second kappa shape index (κ2) is 5.36. The summed E-state index contributed by atoms with van der Waals surface area (Å²) in [5, 5.41) is 6.71. The van der Waals surface area contributed by atoms with Crippen molar-refractivity contribution in [2.24, 2.45) is 0 Å². The Balaban J connectivity index is 2.14. The first-order valence-electron chi connectivity index (χ1n) is 6.12. The zero-order valence-corrected chi connectivity index (χ0v) is 11.3. The smallest absolute Gasteiger partial charge is 0.0854 e. The maximum Gasteiger partial charge on any atom is 0.0854 e. The third-order valence-corrected chi connectivity index (χ3v) is 3.93. The third kappa shape index (κ3) is 2.52. The molecule has 0 spiro atoms. The first-order valence-corrected chi connectivity index (χ1v) is 7.00. The lowest BCUT2D eigenvalue weighted by molar-refractivity contribution is 0.584. The standard InChI is InChI=1S/C13H19N3S/c1-3-11-13(14)12(4-2)16(15-11)8-7-10-6-5-9-17-10/h5-6,9H,3-4,7-8,14H2,1-2H3. The summed E-state index contributed by atoms with van der Waals surface area (Å²) in [5.74, 6) is 0. The number of thiophene rings is 1. The highest BCUT2D eigenvalue weighted by molar-refractivity contribution is 7.09. The predicted molar refractivity (Wildman–Crippen MR) is 73.4 cm³/mol. The van der Waals surface area contributed by atoms with Crippen molar-refractivity contribution in [3.05, 3.63) is 33.8 Å². The van der Waals surface area contributed by atoms with Gasteiger partial charge in [0.15, 0.2) is 0 Å². The van der Waals surface area contributed by atoms with E-state index in [0.717, 1.165) is 37.2 Å². The number of hydrogen-bond acceptors (Lipinski definition) is 3. The van der Waals surface area contributed by atoms with Crippen LogP contribution in [-0.2, 0) is 25.8 Å². The molecule has 0 bridgehead atoms. The number of aromatic nitrogens is 2. The minimum atomic E-state index is 0.890. The van der Waals surface area contributed by atoms with Gasteiger partial charge >= 0.3 is 0 Å². The number of anilines is 1. The van der Waals surface area contributed by atoms with Gasteiger partial charge in [0, 0.05) is 17.8 Å². The van der Waals surface area contributed by atoms with E-state index in [1.165, 1.54) is 10.6 Å². The van der Waals surface area contributed by atoms with Crippen LogP contribution in [0.15, 0.2) is 17.5 Å². The number of hydrogen-bond donors (Lipinski definition) is 1. The first-order chi connectivity index (χ1) is 8.26. The van der Waals surface area contributed by atoms with E-state index in [9.17, 15) is 0 Å². The Morgan fingerprint density at radius 2 is 2.18 bits per heavy atom. The molecule has 0 aromatic carbocycles. The fourth-order valence-corrected chi connectivity index (χ4v) is 2.75. The van der Waals surface area contributed by atoms with Crippen LogP contribution in [0.3, 0.4) is 0 Å². The SMILES string of the molecule is CCc1nn(CCc2cccs2)c(CC)c1N. The second-order valence-corrected chi connectivity index (χ2v) is 5.10. The lowest BCUT2D eigenvalue weighted by Gasteiger charge is -2.05. The van der Waals surface area contributed by atoms with Crippen LogP contribution >= 0.6 is 11.3 Å². The molecule has 0 radical (unpaired) electrons. The molecule has 0 fully saturated rings. The van der Waals surface area contributed by atoms with E-state index in [1.807, 2.05) is 0 Å². The molecule has 4 heteroatoms. The molecule has 0 saturated heterocycles. The second-order valence-electron chi connectivity index (χ2n) is 4.07. The molecule has 0 aliphatic heterocycles. The molecule has 0 amide bonds. The summed E-state index contributed by atoms with van der Waals surface area (Å²) in [6.45, 7) is 5.16. The Labute approximate surface area is 106 Å². The number of rotatable bonds is 5. The topological polar surface area (TPSA) is 43.8 Å². The van der Waals surface area contributed by atoms with Crippen LogP contribution in [0.5, 0.6) is 0 Å². The minimum absolute atomic E-state index is 0.890. The minimum Gasteiger partial charge on any atom is -0.396 e. The summed E-state index contributed by atoms with van der Waals surface area (Å²) in [6.07, 6.45) is 2.89. The molecule has 2 aromatic heterocycles. The van der Waals surface area contributed by atoms with Gasteiger partial charge in [0.25, 0.3) is 0 Å². The number of nitrogens with two attached hydrogens (primary N) is 1. The average Bonchev–Trinajstić information content (AvgIpc) is 2.94. The summed E-state index contributed by atoms with van der Waals surface area (Å²) in [5.41, 5.74) is 9.20. The molecule has 2 N–H and O–H groups in total. The van der Waals surface area contributed by atoms with Crippen molar-refractivity contribution < 1.29 is 0 Å². The number of nitrogen functional groups attached to an aromatic ring is 1. The normalized spacial score (nSPS) is 10.9. The average molecular weight is 249 g/mol. The van der Waals surface area contributed by atoms with Gasteiger partial charge in [-0.3, -0.25) is 4.68 Å². The van der Waals surface area contributed by atoms with E-state index in [0.29, 0.717) is 0 Å². The molecule has 0 unspecified atom stereocenters. The Kier molecular flexibility index (Phi) is 3.84. The Morgan fingerprint density at radius 3 is 2.76 bits per heavy atom. The van der Waals surface area contributed by atoms with Gasteiger partial charge in [0.05, 0.1) is 17.1 Å². The van der Waals surface area contributed by atoms with E-state index < -0.39 is 0 Å². The molecule has 0 aliphatic rings. The molecule has 92 valence electrons. The first kappa shape index (κ1) is 12.2. The van der Waals surface area contributed by atoms with Crippen molar-refractivity contribution in [1.82, 2.24) is 9.78 Å². The zero-order valence-electron chi connectivity index (χ0n) is 10.4. The maximum atomic E-state index is 6.09. The Morgan fingerprint density at radius 1 is 1.35 bits per heavy atom. The lowest BCUT2D eigenvalue weighted by Crippen LogP contribution is -2.07. The van der Waals surface area contributed by atoms with Gasteiger partial charge < -0.3 is 5.73 Å². The summed E-state index contributed by atoms with van der Waals surface area (Å²) in [6, 6.07) is 4.26. The Hall–Kier alpha value is -1.29. The fourth-order valence-electron chi connectivity index (χ4n) is 2.06. The molecule has 0 aliphatic carbocycles. The van der Waals surface area contributed by atoms with Crippen molar-refractivity contribution in [2.45, 2.75) is 39.7 Å². The van der Waals surface area contributed by atoms with Crippen LogP contribution in [0.25, 0.3) is 0 Å². The van der Waals surface area contributed by atoms with Crippen LogP contribution < -0.4 is 5.73 Å². The van der Waals surface area contributed by atoms with Crippen LogP contribution in [0, 0.1) is 0 Å². The van der Waals surface area contributed by atoms with Crippen molar-refractivity contribution in [3.8, 4) is 0 Å². The zero-order chi connectivity index (χ0) is 12.3. The summed E-state index contributed by atoms with van der Waals surface area (Å²) in [7, 11) is 0. The van der Waals surface area contributed by atoms with Crippen molar-refractivity contribution >= 4 is 17.0 Å². The summed E-state index contributed by atoms with van der Waals surface area (Å²) < 4.78 is 2.08. The third-order valence-electron chi connectivity index (χ3n) is 2.99. The number of nitrogens with zero attached hydrogens (tertiary/aromatic N) is 2. The lowest BCUT2D eigenvalue weighted by atomic mass is 10.2. The molecule has 0 saturated carbocycles. The molecule has 2 rings (SSSR count). The maximum absolute atomic E-state index is 6.09. The highest BCUT2D eigenvalue weighted by atomic mass is 32.1. The van der Waals surface area contributed by atoms with Gasteiger partial charge in [-0.1, -0.05) is 19.9 Å². The molecular weight excluding hydrogens is 230 g/mol. The van der Waals surface area contributed by atoms with Crippen molar-refractivity contribution in [1.29, 1.82) is 0 Å². The van der Waals surface area contributed by atoms with Crippen molar-refractivity contribution in [2.75, 3.05) is 5.73 Å². The fraction of sp³-hybridized carbons (Fsp3) is 0.462. The highest BCUT2D eigenvalue weighted by Gasteiger charge is 2.12.